The number of nitrogens with one attached hydrogen (secondary N) is 1. The van der Waals surface area contributed by atoms with Crippen molar-refractivity contribution < 1.29 is 9.18 Å². The van der Waals surface area contributed by atoms with Gasteiger partial charge in [0.15, 0.2) is 0 Å². The van der Waals surface area contributed by atoms with Gasteiger partial charge in [0.05, 0.1) is 0 Å². The highest BCUT2D eigenvalue weighted by molar-refractivity contribution is 7.09. The number of urea groups is 1. The van der Waals surface area contributed by atoms with E-state index < -0.39 is 0 Å². The van der Waals surface area contributed by atoms with Crippen LogP contribution in [0.1, 0.15) is 30.7 Å². The molecule has 0 unspecified atom stereocenters. The molecule has 2 aromatic rings. The first kappa shape index (κ1) is 17.8. The van der Waals surface area contributed by atoms with Gasteiger partial charge >= 0.3 is 6.03 Å². The standard InChI is InChI=1S/C17H18ClFN4OS/c1-11-20-16(25-22-11)21-17(24)23-7-2-3-12(6-8-23)9-13-4-5-14(18)10-15(13)19/h4-5,9-10H,2-3,6-8H2,1H3,(H,20,21,22,24)/b12-9-. The van der Waals surface area contributed by atoms with Gasteiger partial charge < -0.3 is 4.90 Å². The highest BCUT2D eigenvalue weighted by atomic mass is 35.5. The molecule has 0 spiro atoms. The van der Waals surface area contributed by atoms with Gasteiger partial charge in [0.1, 0.15) is 11.6 Å². The van der Waals surface area contributed by atoms with E-state index in [1.807, 2.05) is 6.08 Å². The molecule has 25 heavy (non-hydrogen) atoms. The van der Waals surface area contributed by atoms with Crippen LogP contribution in [-0.2, 0) is 0 Å². The van der Waals surface area contributed by atoms with Gasteiger partial charge in [0.2, 0.25) is 5.13 Å². The second-order valence-electron chi connectivity index (χ2n) is 5.89. The number of carbonyl (C=O) groups excluding carboxylic acids is 1. The number of aryl methyl sites for hydroxylation is 1. The molecule has 2 heterocycles. The fourth-order valence-electron chi connectivity index (χ4n) is 2.72. The van der Waals surface area contributed by atoms with Crippen molar-refractivity contribution >= 4 is 40.4 Å². The number of benzene rings is 1. The average molecular weight is 381 g/mol. The van der Waals surface area contributed by atoms with Crippen LogP contribution in [0.3, 0.4) is 0 Å². The molecule has 1 aromatic carbocycles. The third-order valence-corrected chi connectivity index (χ3v) is 4.94. The zero-order valence-corrected chi connectivity index (χ0v) is 15.3. The van der Waals surface area contributed by atoms with Crippen LogP contribution in [-0.4, -0.2) is 33.4 Å². The summed E-state index contributed by atoms with van der Waals surface area (Å²) >= 11 is 6.96. The molecule has 8 heteroatoms. The molecule has 0 bridgehead atoms. The van der Waals surface area contributed by atoms with Crippen LogP contribution in [0.4, 0.5) is 14.3 Å². The van der Waals surface area contributed by atoms with Gasteiger partial charge in [0.25, 0.3) is 0 Å². The van der Waals surface area contributed by atoms with Crippen molar-refractivity contribution in [2.24, 2.45) is 0 Å². The fraction of sp³-hybridized carbons (Fsp3) is 0.353. The lowest BCUT2D eigenvalue weighted by Gasteiger charge is -2.19. The monoisotopic (exact) mass is 380 g/mol. The Morgan fingerprint density at radius 2 is 2.24 bits per heavy atom. The molecule has 132 valence electrons. The molecular weight excluding hydrogens is 363 g/mol. The number of nitrogens with zero attached hydrogens (tertiary/aromatic N) is 3. The van der Waals surface area contributed by atoms with E-state index in [1.54, 1.807) is 24.0 Å². The second kappa shape index (κ2) is 7.93. The SMILES string of the molecule is Cc1nsc(NC(=O)N2CCC/C(=C/c3ccc(Cl)cc3F)CC2)n1. The predicted molar refractivity (Wildman–Crippen MR) is 98.5 cm³/mol. The highest BCUT2D eigenvalue weighted by Crippen LogP contribution is 2.23. The Labute approximate surface area is 154 Å². The molecule has 3 rings (SSSR count). The molecule has 0 atom stereocenters. The van der Waals surface area contributed by atoms with E-state index in [1.165, 1.54) is 17.6 Å². The summed E-state index contributed by atoms with van der Waals surface area (Å²) in [6.07, 6.45) is 4.25. The number of halogens is 2. The molecular formula is C17H18ClFN4OS. The van der Waals surface area contributed by atoms with Crippen LogP contribution in [0.15, 0.2) is 23.8 Å². The minimum atomic E-state index is -0.328. The van der Waals surface area contributed by atoms with Crippen LogP contribution < -0.4 is 5.32 Å². The Bertz CT molecular complexity index is 808. The third kappa shape index (κ3) is 4.76. The van der Waals surface area contributed by atoms with Crippen molar-refractivity contribution in [3.8, 4) is 0 Å². The Balaban J connectivity index is 1.63. The maximum Gasteiger partial charge on any atom is 0.323 e. The Hall–Kier alpha value is -1.99. The summed E-state index contributed by atoms with van der Waals surface area (Å²) in [6.45, 7) is 3.03. The van der Waals surface area contributed by atoms with Crippen molar-refractivity contribution in [1.82, 2.24) is 14.3 Å². The summed E-state index contributed by atoms with van der Waals surface area (Å²) in [5, 5.41) is 3.67. The molecule has 5 nitrogen and oxygen atoms in total. The zero-order valence-electron chi connectivity index (χ0n) is 13.8. The van der Waals surface area contributed by atoms with Gasteiger partial charge in [-0.3, -0.25) is 5.32 Å². The molecule has 2 amide bonds. The first-order chi connectivity index (χ1) is 12.0. The van der Waals surface area contributed by atoms with Crippen LogP contribution >= 0.6 is 23.1 Å². The lowest BCUT2D eigenvalue weighted by atomic mass is 10.0. The molecule has 1 fully saturated rings. The number of amides is 2. The summed E-state index contributed by atoms with van der Waals surface area (Å²) < 4.78 is 18.0. The van der Waals surface area contributed by atoms with Gasteiger partial charge in [-0.1, -0.05) is 29.3 Å². The molecule has 0 radical (unpaired) electrons. The smallest absolute Gasteiger partial charge is 0.323 e. The minimum Gasteiger partial charge on any atom is -0.324 e. The van der Waals surface area contributed by atoms with Gasteiger partial charge in [-0.25, -0.2) is 14.2 Å². The quantitative estimate of drug-likeness (QED) is 0.818. The van der Waals surface area contributed by atoms with E-state index in [2.05, 4.69) is 14.7 Å². The van der Waals surface area contributed by atoms with Crippen LogP contribution in [0.5, 0.6) is 0 Å². The van der Waals surface area contributed by atoms with E-state index in [-0.39, 0.29) is 11.8 Å². The predicted octanol–water partition coefficient (Wildman–Crippen LogP) is 4.74. The Morgan fingerprint density at radius 1 is 1.40 bits per heavy atom. The van der Waals surface area contributed by atoms with Gasteiger partial charge in [-0.2, -0.15) is 4.37 Å². The van der Waals surface area contributed by atoms with Crippen LogP contribution in [0, 0.1) is 12.7 Å². The maximum absolute atomic E-state index is 13.9. The topological polar surface area (TPSA) is 58.1 Å². The number of likely N-dealkylation sites (tertiary alicyclic amines) is 1. The van der Waals surface area contributed by atoms with Crippen molar-refractivity contribution in [3.05, 3.63) is 46.0 Å². The molecule has 0 aliphatic carbocycles. The van der Waals surface area contributed by atoms with Crippen molar-refractivity contribution in [1.29, 1.82) is 0 Å². The van der Waals surface area contributed by atoms with Gasteiger partial charge in [-0.05, 0) is 38.3 Å². The normalized spacial score (nSPS) is 16.8. The fourth-order valence-corrected chi connectivity index (χ4v) is 3.44. The molecule has 1 saturated heterocycles. The lowest BCUT2D eigenvalue weighted by Crippen LogP contribution is -2.35. The minimum absolute atomic E-state index is 0.171. The lowest BCUT2D eigenvalue weighted by molar-refractivity contribution is 0.214. The van der Waals surface area contributed by atoms with Gasteiger partial charge in [0, 0.05) is 35.2 Å². The van der Waals surface area contributed by atoms with Crippen LogP contribution in [0.2, 0.25) is 5.02 Å². The van der Waals surface area contributed by atoms with E-state index in [0.29, 0.717) is 41.1 Å². The van der Waals surface area contributed by atoms with Crippen molar-refractivity contribution in [2.45, 2.75) is 26.2 Å². The number of hydrogen-bond donors (Lipinski definition) is 1. The van der Waals surface area contributed by atoms with E-state index in [0.717, 1.165) is 18.4 Å². The second-order valence-corrected chi connectivity index (χ2v) is 7.07. The van der Waals surface area contributed by atoms with E-state index in [9.17, 15) is 9.18 Å². The molecule has 1 N–H and O–H groups in total. The number of aromatic nitrogens is 2. The summed E-state index contributed by atoms with van der Waals surface area (Å²) in [7, 11) is 0. The summed E-state index contributed by atoms with van der Waals surface area (Å²) in [5.41, 5.74) is 1.66. The largest absolute Gasteiger partial charge is 0.324 e. The Morgan fingerprint density at radius 3 is 2.96 bits per heavy atom. The third-order valence-electron chi connectivity index (χ3n) is 3.98. The number of carbonyl (C=O) groups is 1. The van der Waals surface area contributed by atoms with Crippen molar-refractivity contribution in [3.63, 3.8) is 0 Å². The van der Waals surface area contributed by atoms with E-state index >= 15 is 0 Å². The summed E-state index contributed by atoms with van der Waals surface area (Å²) in [6, 6.07) is 4.50. The van der Waals surface area contributed by atoms with Crippen LogP contribution in [0.25, 0.3) is 6.08 Å². The van der Waals surface area contributed by atoms with E-state index in [4.69, 9.17) is 11.6 Å². The zero-order chi connectivity index (χ0) is 17.8. The molecule has 1 aliphatic rings. The van der Waals surface area contributed by atoms with Crippen molar-refractivity contribution in [2.75, 3.05) is 18.4 Å². The molecule has 0 saturated carbocycles. The molecule has 1 aliphatic heterocycles. The number of rotatable bonds is 2. The summed E-state index contributed by atoms with van der Waals surface area (Å²) in [5.74, 6) is 0.317. The maximum atomic E-state index is 13.9. The number of anilines is 1. The number of hydrogen-bond acceptors (Lipinski definition) is 4. The van der Waals surface area contributed by atoms with Gasteiger partial charge in [-0.15, -0.1) is 0 Å². The molecule has 1 aromatic heterocycles. The highest BCUT2D eigenvalue weighted by Gasteiger charge is 2.18. The Kier molecular flexibility index (Phi) is 5.65. The average Bonchev–Trinajstić information content (AvgIpc) is 2.83. The first-order valence-electron chi connectivity index (χ1n) is 8.02. The summed E-state index contributed by atoms with van der Waals surface area (Å²) in [4.78, 5) is 18.2. The first-order valence-corrected chi connectivity index (χ1v) is 9.17.